The van der Waals surface area contributed by atoms with Crippen molar-refractivity contribution in [3.05, 3.63) is 47.5 Å². The summed E-state index contributed by atoms with van der Waals surface area (Å²) in [6.07, 6.45) is -5.22. The SMILES string of the molecule is C[C@@](O)(C(=O)Nc1ccc(S(=O)(=O)Nc2ccc(O)cc2)cc1Cl)C(F)(F)F. The Morgan fingerprint density at radius 3 is 2.18 bits per heavy atom. The van der Waals surface area contributed by atoms with E-state index >= 15 is 0 Å². The van der Waals surface area contributed by atoms with E-state index in [1.54, 1.807) is 0 Å². The summed E-state index contributed by atoms with van der Waals surface area (Å²) in [4.78, 5) is 11.4. The molecule has 28 heavy (non-hydrogen) atoms. The van der Waals surface area contributed by atoms with Gasteiger partial charge in [-0.05, 0) is 49.4 Å². The van der Waals surface area contributed by atoms with E-state index in [1.165, 1.54) is 24.3 Å². The average molecular weight is 439 g/mol. The van der Waals surface area contributed by atoms with Crippen molar-refractivity contribution in [2.24, 2.45) is 0 Å². The molecule has 0 aliphatic heterocycles. The predicted octanol–water partition coefficient (Wildman–Crippen LogP) is 3.10. The second kappa shape index (κ2) is 7.49. The van der Waals surface area contributed by atoms with Gasteiger partial charge < -0.3 is 15.5 Å². The number of benzene rings is 2. The maximum atomic E-state index is 12.7. The summed E-state index contributed by atoms with van der Waals surface area (Å²) >= 11 is 5.86. The monoisotopic (exact) mass is 438 g/mol. The lowest BCUT2D eigenvalue weighted by Crippen LogP contribution is -2.52. The summed E-state index contributed by atoms with van der Waals surface area (Å²) < 4.78 is 65.0. The molecule has 0 aliphatic carbocycles. The zero-order chi connectivity index (χ0) is 21.3. The number of amides is 1. The Bertz CT molecular complexity index is 992. The van der Waals surface area contributed by atoms with Gasteiger partial charge in [-0.15, -0.1) is 0 Å². The summed E-state index contributed by atoms with van der Waals surface area (Å²) in [5.74, 6) is -1.85. The molecule has 12 heteroatoms. The van der Waals surface area contributed by atoms with Crippen LogP contribution in [-0.4, -0.2) is 36.3 Å². The molecule has 0 aliphatic rings. The molecule has 4 N–H and O–H groups in total. The van der Waals surface area contributed by atoms with Crippen LogP contribution < -0.4 is 10.0 Å². The molecule has 0 radical (unpaired) electrons. The molecule has 2 aromatic rings. The summed E-state index contributed by atoms with van der Waals surface area (Å²) in [5.41, 5.74) is -3.84. The van der Waals surface area contributed by atoms with Gasteiger partial charge in [0.15, 0.2) is 0 Å². The van der Waals surface area contributed by atoms with Crippen molar-refractivity contribution in [2.75, 3.05) is 10.0 Å². The van der Waals surface area contributed by atoms with Crippen LogP contribution in [0.4, 0.5) is 24.5 Å². The Labute approximate surface area is 162 Å². The van der Waals surface area contributed by atoms with E-state index in [9.17, 15) is 36.6 Å². The van der Waals surface area contributed by atoms with Crippen molar-refractivity contribution in [3.8, 4) is 5.75 Å². The van der Waals surface area contributed by atoms with Crippen molar-refractivity contribution >= 4 is 38.9 Å². The van der Waals surface area contributed by atoms with Crippen LogP contribution in [0, 0.1) is 0 Å². The second-order valence-electron chi connectivity index (χ2n) is 5.82. The molecule has 0 spiro atoms. The number of alkyl halides is 3. The van der Waals surface area contributed by atoms with Crippen molar-refractivity contribution in [1.29, 1.82) is 0 Å². The minimum atomic E-state index is -5.22. The van der Waals surface area contributed by atoms with Crippen molar-refractivity contribution in [3.63, 3.8) is 0 Å². The van der Waals surface area contributed by atoms with E-state index in [0.717, 1.165) is 18.2 Å². The minimum absolute atomic E-state index is 0.0687. The fourth-order valence-corrected chi connectivity index (χ4v) is 3.26. The van der Waals surface area contributed by atoms with Gasteiger partial charge in [0.05, 0.1) is 15.6 Å². The van der Waals surface area contributed by atoms with E-state index in [-0.39, 0.29) is 34.0 Å². The predicted molar refractivity (Wildman–Crippen MR) is 95.7 cm³/mol. The van der Waals surface area contributed by atoms with Crippen LogP contribution in [0.3, 0.4) is 0 Å². The number of nitrogens with one attached hydrogen (secondary N) is 2. The highest BCUT2D eigenvalue weighted by molar-refractivity contribution is 7.92. The largest absolute Gasteiger partial charge is 0.508 e. The van der Waals surface area contributed by atoms with Gasteiger partial charge in [0.1, 0.15) is 5.75 Å². The molecule has 7 nitrogen and oxygen atoms in total. The summed E-state index contributed by atoms with van der Waals surface area (Å²) in [6, 6.07) is 8.05. The molecular formula is C16H14ClF3N2O5S. The normalized spacial score (nSPS) is 14.2. The number of aliphatic hydroxyl groups is 1. The molecule has 2 rings (SSSR count). The highest BCUT2D eigenvalue weighted by atomic mass is 35.5. The fourth-order valence-electron chi connectivity index (χ4n) is 1.88. The molecule has 0 unspecified atom stereocenters. The van der Waals surface area contributed by atoms with Crippen LogP contribution in [-0.2, 0) is 14.8 Å². The first-order valence-corrected chi connectivity index (χ1v) is 9.32. The second-order valence-corrected chi connectivity index (χ2v) is 7.91. The van der Waals surface area contributed by atoms with Gasteiger partial charge >= 0.3 is 6.18 Å². The van der Waals surface area contributed by atoms with E-state index in [4.69, 9.17) is 11.6 Å². The van der Waals surface area contributed by atoms with Gasteiger partial charge in [-0.3, -0.25) is 9.52 Å². The Kier molecular flexibility index (Phi) is 5.83. The number of aromatic hydroxyl groups is 1. The van der Waals surface area contributed by atoms with E-state index < -0.39 is 27.7 Å². The molecule has 0 fully saturated rings. The molecule has 0 bridgehead atoms. The number of carbonyl (C=O) groups is 1. The van der Waals surface area contributed by atoms with E-state index in [0.29, 0.717) is 0 Å². The minimum Gasteiger partial charge on any atom is -0.508 e. The molecule has 0 saturated heterocycles. The van der Waals surface area contributed by atoms with Crippen LogP contribution in [0.15, 0.2) is 47.4 Å². The molecule has 152 valence electrons. The third kappa shape index (κ3) is 4.66. The Hall–Kier alpha value is -2.50. The fraction of sp³-hybridized carbons (Fsp3) is 0.188. The van der Waals surface area contributed by atoms with Crippen LogP contribution >= 0.6 is 11.6 Å². The molecule has 0 saturated carbocycles. The van der Waals surface area contributed by atoms with E-state index in [1.807, 2.05) is 5.32 Å². The van der Waals surface area contributed by atoms with Crippen LogP contribution in [0.1, 0.15) is 6.92 Å². The average Bonchev–Trinajstić information content (AvgIpc) is 2.57. The summed E-state index contributed by atoms with van der Waals surface area (Å²) in [5, 5.41) is 20.0. The maximum Gasteiger partial charge on any atom is 0.426 e. The zero-order valence-electron chi connectivity index (χ0n) is 14.1. The van der Waals surface area contributed by atoms with E-state index in [2.05, 4.69) is 4.72 Å². The number of phenols is 1. The lowest BCUT2D eigenvalue weighted by atomic mass is 10.1. The van der Waals surface area contributed by atoms with Crippen LogP contribution in [0.2, 0.25) is 5.02 Å². The number of phenolic OH excluding ortho intramolecular Hbond substituents is 1. The maximum absolute atomic E-state index is 12.7. The number of hydrogen-bond acceptors (Lipinski definition) is 5. The van der Waals surface area contributed by atoms with Crippen molar-refractivity contribution in [1.82, 2.24) is 0 Å². The molecular weight excluding hydrogens is 425 g/mol. The van der Waals surface area contributed by atoms with Gasteiger partial charge in [0.2, 0.25) is 5.60 Å². The first kappa shape index (κ1) is 21.8. The van der Waals surface area contributed by atoms with Gasteiger partial charge in [0, 0.05) is 5.69 Å². The third-order valence-electron chi connectivity index (χ3n) is 3.61. The summed E-state index contributed by atoms with van der Waals surface area (Å²) in [7, 11) is -4.10. The molecule has 0 heterocycles. The van der Waals surface area contributed by atoms with Crippen LogP contribution in [0.5, 0.6) is 5.75 Å². The molecule has 1 atom stereocenters. The van der Waals surface area contributed by atoms with Crippen molar-refractivity contribution in [2.45, 2.75) is 23.6 Å². The Morgan fingerprint density at radius 2 is 1.68 bits per heavy atom. The topological polar surface area (TPSA) is 116 Å². The van der Waals surface area contributed by atoms with Gasteiger partial charge in [0.25, 0.3) is 15.9 Å². The standard InChI is InChI=1S/C16H14ClF3N2O5S/c1-15(25,16(18,19)20)14(24)21-13-7-6-11(8-12(13)17)28(26,27)22-9-2-4-10(23)5-3-9/h2-8,22-23,25H,1H3,(H,21,24)/t15-/m1/s1. The lowest BCUT2D eigenvalue weighted by molar-refractivity contribution is -0.242. The number of sulfonamides is 1. The highest BCUT2D eigenvalue weighted by Gasteiger charge is 2.55. The highest BCUT2D eigenvalue weighted by Crippen LogP contribution is 2.33. The van der Waals surface area contributed by atoms with Crippen molar-refractivity contribution < 1.29 is 36.6 Å². The number of hydrogen-bond donors (Lipinski definition) is 4. The third-order valence-corrected chi connectivity index (χ3v) is 5.30. The quantitative estimate of drug-likeness (QED) is 0.535. The zero-order valence-corrected chi connectivity index (χ0v) is 15.7. The lowest BCUT2D eigenvalue weighted by Gasteiger charge is -2.25. The molecule has 2 aromatic carbocycles. The Morgan fingerprint density at radius 1 is 1.11 bits per heavy atom. The number of anilines is 2. The van der Waals surface area contributed by atoms with Gasteiger partial charge in [-0.25, -0.2) is 8.42 Å². The first-order valence-electron chi connectivity index (χ1n) is 7.46. The first-order chi connectivity index (χ1) is 12.7. The van der Waals surface area contributed by atoms with Gasteiger partial charge in [-0.2, -0.15) is 13.2 Å². The molecule has 0 aromatic heterocycles. The summed E-state index contributed by atoms with van der Waals surface area (Å²) in [6.45, 7) is 0.274. The van der Waals surface area contributed by atoms with Gasteiger partial charge in [-0.1, -0.05) is 11.6 Å². The number of halogens is 4. The Balaban J connectivity index is 2.24. The number of carbonyl (C=O) groups excluding carboxylic acids is 1. The smallest absolute Gasteiger partial charge is 0.426 e. The number of rotatable bonds is 5. The van der Waals surface area contributed by atoms with Crippen LogP contribution in [0.25, 0.3) is 0 Å². The molecule has 1 amide bonds.